The Balaban J connectivity index is 3.07. The van der Waals surface area contributed by atoms with Crippen molar-refractivity contribution in [3.63, 3.8) is 0 Å². The second-order valence-electron chi connectivity index (χ2n) is 17.6. The summed E-state index contributed by atoms with van der Waals surface area (Å²) in [5, 5.41) is 6.99. The molecule has 0 saturated carbocycles. The van der Waals surface area contributed by atoms with E-state index in [0.717, 1.165) is 12.8 Å². The highest BCUT2D eigenvalue weighted by Gasteiger charge is 2.44. The van der Waals surface area contributed by atoms with Gasteiger partial charge in [-0.05, 0) is 68.6 Å². The van der Waals surface area contributed by atoms with Gasteiger partial charge in [0.05, 0.1) is 31.4 Å². The highest BCUT2D eigenvalue weighted by Crippen LogP contribution is 2.40. The smallest absolute Gasteiger partial charge is 0.408 e. The number of hydrogen-bond acceptors (Lipinski definition) is 6. The van der Waals surface area contributed by atoms with Gasteiger partial charge in [0.25, 0.3) is 0 Å². The normalized spacial score (nSPS) is 23.7. The Morgan fingerprint density at radius 1 is 0.878 bits per heavy atom. The second kappa shape index (κ2) is 22.6. The number of nitrogens with zero attached hydrogens (tertiary/aromatic N) is 3. The number of azide groups is 1. The maximum atomic E-state index is 13.3. The highest BCUT2D eigenvalue weighted by atomic mass is 28.4. The van der Waals surface area contributed by atoms with Gasteiger partial charge in [-0.1, -0.05) is 138 Å². The highest BCUT2D eigenvalue weighted by molar-refractivity contribution is 6.74. The van der Waals surface area contributed by atoms with Gasteiger partial charge >= 0.3 is 6.09 Å². The maximum Gasteiger partial charge on any atom is 0.408 e. The van der Waals surface area contributed by atoms with Crippen molar-refractivity contribution in [2.24, 2.45) is 28.8 Å². The predicted molar refractivity (Wildman–Crippen MR) is 206 cm³/mol. The summed E-state index contributed by atoms with van der Waals surface area (Å²) in [6.45, 7) is 28.5. The molecule has 1 aliphatic heterocycles. The molecule has 2 unspecified atom stereocenters. The van der Waals surface area contributed by atoms with E-state index in [1.165, 1.54) is 70.6 Å². The first-order valence-electron chi connectivity index (χ1n) is 19.8. The van der Waals surface area contributed by atoms with Crippen molar-refractivity contribution in [2.45, 2.75) is 208 Å². The Hall–Kier alpha value is -1.32. The lowest BCUT2D eigenvalue weighted by molar-refractivity contribution is -0.248. The van der Waals surface area contributed by atoms with E-state index in [9.17, 15) is 4.79 Å². The van der Waals surface area contributed by atoms with E-state index in [1.54, 1.807) is 0 Å². The van der Waals surface area contributed by atoms with Gasteiger partial charge in [-0.15, -0.1) is 0 Å². The summed E-state index contributed by atoms with van der Waals surface area (Å²) in [6, 6.07) is -0.433. The first-order chi connectivity index (χ1) is 22.8. The molecule has 1 fully saturated rings. The molecule has 0 aliphatic carbocycles. The predicted octanol–water partition coefficient (Wildman–Crippen LogP) is 12.0. The fourth-order valence-corrected chi connectivity index (χ4v) is 7.89. The lowest BCUT2D eigenvalue weighted by Gasteiger charge is -2.45. The molecule has 1 amide bonds. The summed E-state index contributed by atoms with van der Waals surface area (Å²) >= 11 is 0. The zero-order valence-electron chi connectivity index (χ0n) is 34.1. The summed E-state index contributed by atoms with van der Waals surface area (Å²) in [5.74, 6) is 0.847. The van der Waals surface area contributed by atoms with Crippen LogP contribution >= 0.6 is 0 Å². The number of carbonyl (C=O) groups excluding carboxylic acids is 1. The molecular formula is C39H78N4O5Si. The summed E-state index contributed by atoms with van der Waals surface area (Å²) in [5.41, 5.74) is 8.31. The molecule has 49 heavy (non-hydrogen) atoms. The van der Waals surface area contributed by atoms with Gasteiger partial charge in [0.15, 0.2) is 14.6 Å². The molecule has 0 bridgehead atoms. The van der Waals surface area contributed by atoms with Gasteiger partial charge in [0.2, 0.25) is 0 Å². The summed E-state index contributed by atoms with van der Waals surface area (Å²) < 4.78 is 25.9. The molecule has 9 nitrogen and oxygen atoms in total. The number of rotatable bonds is 23. The van der Waals surface area contributed by atoms with Crippen molar-refractivity contribution in [3.05, 3.63) is 10.4 Å². The van der Waals surface area contributed by atoms with E-state index in [1.807, 2.05) is 20.8 Å². The zero-order valence-corrected chi connectivity index (χ0v) is 35.1. The SMILES string of the molecule is CCCCCCCCCCCCCC[C@@H](C)[C@@H](O[Si](C)(C)C(C)(C)C)[C@H](CO[C@H]1OC(CN=[N+]=[N-])[C@H](C)[C@H](C)C1C)NC(=O)OC(C)(C)C. The third-order valence-electron chi connectivity index (χ3n) is 11.2. The third kappa shape index (κ3) is 17.6. The Morgan fingerprint density at radius 3 is 1.90 bits per heavy atom. The van der Waals surface area contributed by atoms with Gasteiger partial charge in [0, 0.05) is 10.8 Å². The molecule has 8 atom stereocenters. The zero-order chi connectivity index (χ0) is 37.3. The van der Waals surface area contributed by atoms with E-state index in [-0.39, 0.29) is 48.2 Å². The quantitative estimate of drug-likeness (QED) is 0.0372. The Bertz CT molecular complexity index is 962. The molecule has 0 aromatic carbocycles. The monoisotopic (exact) mass is 711 g/mol. The van der Waals surface area contributed by atoms with E-state index < -0.39 is 32.3 Å². The fourth-order valence-electron chi connectivity index (χ4n) is 6.46. The minimum absolute atomic E-state index is 0.000652. The van der Waals surface area contributed by atoms with E-state index in [4.69, 9.17) is 24.2 Å². The standard InChI is InChI=1S/C39H78N4O5Si/c1-14-15-16-17-18-19-20-21-22-23-24-25-26-29(2)35(48-49(12,13)39(9,10)11)33(42-37(44)47-38(6,7)8)28-45-36-32(5)30(3)31(4)34(46-36)27-41-43-40/h29-36H,14-28H2,1-13H3,(H,42,44)/t29-,30+,31-,32?,33+,34?,35-,36+/m1/s1. The van der Waals surface area contributed by atoms with Crippen molar-refractivity contribution >= 4 is 14.4 Å². The van der Waals surface area contributed by atoms with Crippen LogP contribution in [0.5, 0.6) is 0 Å². The lowest BCUT2D eigenvalue weighted by Crippen LogP contribution is -2.57. The molecule has 1 rings (SSSR count). The van der Waals surface area contributed by atoms with Crippen LogP contribution in [-0.2, 0) is 18.6 Å². The molecule has 0 spiro atoms. The number of hydrogen-bond donors (Lipinski definition) is 1. The van der Waals surface area contributed by atoms with Gasteiger partial charge in [0.1, 0.15) is 5.60 Å². The molecular weight excluding hydrogens is 633 g/mol. The summed E-state index contributed by atoms with van der Waals surface area (Å²) in [4.78, 5) is 16.3. The van der Waals surface area contributed by atoms with Crippen LogP contribution in [0.2, 0.25) is 18.1 Å². The molecule has 1 saturated heterocycles. The molecule has 0 aromatic rings. The van der Waals surface area contributed by atoms with Crippen molar-refractivity contribution in [1.29, 1.82) is 0 Å². The van der Waals surface area contributed by atoms with Crippen LogP contribution in [0.3, 0.4) is 0 Å². The van der Waals surface area contributed by atoms with Crippen molar-refractivity contribution < 1.29 is 23.4 Å². The molecule has 288 valence electrons. The molecule has 10 heteroatoms. The van der Waals surface area contributed by atoms with Gasteiger partial charge in [-0.3, -0.25) is 0 Å². The van der Waals surface area contributed by atoms with Crippen LogP contribution in [-0.4, -0.2) is 57.7 Å². The summed E-state index contributed by atoms with van der Waals surface area (Å²) in [6.07, 6.45) is 15.4. The number of ether oxygens (including phenoxy) is 3. The second-order valence-corrected chi connectivity index (χ2v) is 22.4. The number of alkyl carbamates (subject to hydrolysis) is 1. The van der Waals surface area contributed by atoms with Gasteiger partial charge < -0.3 is 24.0 Å². The van der Waals surface area contributed by atoms with Crippen LogP contribution < -0.4 is 5.32 Å². The molecule has 0 radical (unpaired) electrons. The molecule has 1 aliphatic rings. The number of nitrogens with one attached hydrogen (secondary N) is 1. The number of carbonyl (C=O) groups is 1. The van der Waals surface area contributed by atoms with E-state index >= 15 is 0 Å². The average Bonchev–Trinajstić information content (AvgIpc) is 3.00. The largest absolute Gasteiger partial charge is 0.444 e. The van der Waals surface area contributed by atoms with Crippen LogP contribution in [0, 0.1) is 23.7 Å². The van der Waals surface area contributed by atoms with Crippen molar-refractivity contribution in [1.82, 2.24) is 5.32 Å². The third-order valence-corrected chi connectivity index (χ3v) is 15.6. The number of amides is 1. The minimum atomic E-state index is -2.23. The van der Waals surface area contributed by atoms with E-state index in [0.29, 0.717) is 5.92 Å². The van der Waals surface area contributed by atoms with Crippen LogP contribution in [0.15, 0.2) is 5.11 Å². The molecule has 1 N–H and O–H groups in total. The summed E-state index contributed by atoms with van der Waals surface area (Å²) in [7, 11) is -2.23. The molecule has 1 heterocycles. The van der Waals surface area contributed by atoms with Gasteiger partial charge in [-0.2, -0.15) is 0 Å². The van der Waals surface area contributed by atoms with Crippen LogP contribution in [0.4, 0.5) is 4.79 Å². The minimum Gasteiger partial charge on any atom is -0.444 e. The molecule has 0 aromatic heterocycles. The Labute approximate surface area is 302 Å². The maximum absolute atomic E-state index is 13.3. The topological polar surface area (TPSA) is 115 Å². The fraction of sp³-hybridized carbons (Fsp3) is 0.974. The van der Waals surface area contributed by atoms with Gasteiger partial charge in [-0.25, -0.2) is 4.79 Å². The first kappa shape index (κ1) is 45.7. The lowest BCUT2D eigenvalue weighted by atomic mass is 9.79. The van der Waals surface area contributed by atoms with Crippen molar-refractivity contribution in [2.75, 3.05) is 13.2 Å². The van der Waals surface area contributed by atoms with Crippen LogP contribution in [0.25, 0.3) is 10.4 Å². The van der Waals surface area contributed by atoms with Crippen molar-refractivity contribution in [3.8, 4) is 0 Å². The Kier molecular flexibility index (Phi) is 21.1. The number of unbranched alkanes of at least 4 members (excludes halogenated alkanes) is 11. The average molecular weight is 711 g/mol. The van der Waals surface area contributed by atoms with E-state index in [2.05, 4.69) is 83.8 Å². The first-order valence-corrected chi connectivity index (χ1v) is 22.7. The Morgan fingerprint density at radius 2 is 1.41 bits per heavy atom. The van der Waals surface area contributed by atoms with Crippen LogP contribution in [0.1, 0.15) is 160 Å².